The molecule has 1 saturated carbocycles. The molecule has 1 aliphatic rings. The van der Waals surface area contributed by atoms with Crippen LogP contribution in [0.3, 0.4) is 0 Å². The van der Waals surface area contributed by atoms with Gasteiger partial charge in [-0.3, -0.25) is 0 Å². The van der Waals surface area contributed by atoms with Crippen LogP contribution in [0, 0.1) is 5.92 Å². The van der Waals surface area contributed by atoms with Crippen LogP contribution in [0.4, 0.5) is 0 Å². The van der Waals surface area contributed by atoms with Gasteiger partial charge in [0.25, 0.3) is 0 Å². The maximum atomic E-state index is 5.88. The lowest BCUT2D eigenvalue weighted by Gasteiger charge is -2.28. The molecule has 0 heterocycles. The molecule has 1 aliphatic carbocycles. The molecule has 78 valence electrons. The van der Waals surface area contributed by atoms with Gasteiger partial charge in [0.05, 0.1) is 6.10 Å². The first-order valence-corrected chi connectivity index (χ1v) is 6.64. The summed E-state index contributed by atoms with van der Waals surface area (Å²) in [5.74, 6) is 0.790. The smallest absolute Gasteiger partial charge is 0.0600 e. The summed E-state index contributed by atoms with van der Waals surface area (Å²) in [6, 6.07) is 0. The second kappa shape index (κ2) is 6.83. The van der Waals surface area contributed by atoms with E-state index in [1.54, 1.807) is 0 Å². The minimum absolute atomic E-state index is 0.559. The van der Waals surface area contributed by atoms with E-state index in [2.05, 4.69) is 22.9 Å². The van der Waals surface area contributed by atoms with E-state index < -0.39 is 0 Å². The van der Waals surface area contributed by atoms with Gasteiger partial charge in [-0.1, -0.05) is 35.7 Å². The fourth-order valence-electron chi connectivity index (χ4n) is 1.96. The first-order chi connectivity index (χ1) is 6.34. The predicted molar refractivity (Wildman–Crippen MR) is 60.4 cm³/mol. The highest BCUT2D eigenvalue weighted by Crippen LogP contribution is 2.26. The number of alkyl halides is 1. The third kappa shape index (κ3) is 4.46. The minimum Gasteiger partial charge on any atom is -0.378 e. The Kier molecular flexibility index (Phi) is 6.05. The van der Waals surface area contributed by atoms with Crippen LogP contribution in [0.15, 0.2) is 0 Å². The molecule has 0 N–H and O–H groups in total. The number of ether oxygens (including phenoxy) is 1. The number of hydrogen-bond donors (Lipinski definition) is 0. The molecule has 0 saturated heterocycles. The summed E-state index contributed by atoms with van der Waals surface area (Å²) in [5.41, 5.74) is 0. The molecule has 0 radical (unpaired) electrons. The lowest BCUT2D eigenvalue weighted by Crippen LogP contribution is -2.25. The van der Waals surface area contributed by atoms with Crippen LogP contribution in [0.2, 0.25) is 0 Å². The summed E-state index contributed by atoms with van der Waals surface area (Å²) >= 11 is 3.43. The van der Waals surface area contributed by atoms with Gasteiger partial charge in [0, 0.05) is 11.9 Å². The molecule has 2 atom stereocenters. The Morgan fingerprint density at radius 2 is 2.00 bits per heavy atom. The lowest BCUT2D eigenvalue weighted by atomic mass is 9.88. The van der Waals surface area contributed by atoms with Crippen molar-refractivity contribution in [1.29, 1.82) is 0 Å². The number of hydrogen-bond acceptors (Lipinski definition) is 1. The molecule has 0 amide bonds. The number of unbranched alkanes of at least 4 members (excludes halogenated alkanes) is 1. The van der Waals surface area contributed by atoms with Crippen molar-refractivity contribution in [2.75, 3.05) is 11.9 Å². The van der Waals surface area contributed by atoms with E-state index in [1.807, 2.05) is 0 Å². The van der Waals surface area contributed by atoms with Crippen molar-refractivity contribution >= 4 is 15.9 Å². The van der Waals surface area contributed by atoms with E-state index >= 15 is 0 Å². The minimum atomic E-state index is 0.559. The zero-order valence-electron chi connectivity index (χ0n) is 8.60. The van der Waals surface area contributed by atoms with Gasteiger partial charge in [0.15, 0.2) is 0 Å². The summed E-state index contributed by atoms with van der Waals surface area (Å²) in [7, 11) is 0. The summed E-state index contributed by atoms with van der Waals surface area (Å²) < 4.78 is 5.88. The van der Waals surface area contributed by atoms with E-state index in [-0.39, 0.29) is 0 Å². The summed E-state index contributed by atoms with van der Waals surface area (Å²) in [6.45, 7) is 3.29. The quantitative estimate of drug-likeness (QED) is 0.532. The Labute approximate surface area is 90.4 Å². The second-order valence-electron chi connectivity index (χ2n) is 4.07. The average Bonchev–Trinajstić information content (AvgIpc) is 2.15. The topological polar surface area (TPSA) is 9.23 Å². The molecule has 0 bridgehead atoms. The lowest BCUT2D eigenvalue weighted by molar-refractivity contribution is -0.00596. The standard InChI is InChI=1S/C11H21BrO/c1-10-6-2-3-7-11(10)13-9-5-4-8-12/h10-11H,2-9H2,1H3. The molecule has 0 aliphatic heterocycles. The molecule has 1 nitrogen and oxygen atoms in total. The van der Waals surface area contributed by atoms with Crippen LogP contribution in [0.5, 0.6) is 0 Å². The van der Waals surface area contributed by atoms with Crippen molar-refractivity contribution < 1.29 is 4.74 Å². The zero-order chi connectivity index (χ0) is 9.52. The third-order valence-electron chi connectivity index (χ3n) is 2.89. The average molecular weight is 249 g/mol. The summed E-state index contributed by atoms with van der Waals surface area (Å²) in [5, 5.41) is 1.11. The molecular weight excluding hydrogens is 228 g/mol. The molecular formula is C11H21BrO. The summed E-state index contributed by atoms with van der Waals surface area (Å²) in [4.78, 5) is 0. The molecule has 0 spiro atoms. The van der Waals surface area contributed by atoms with Gasteiger partial charge in [-0.05, 0) is 31.6 Å². The van der Waals surface area contributed by atoms with E-state index in [1.165, 1.54) is 38.5 Å². The number of rotatable bonds is 5. The molecule has 0 aromatic heterocycles. The van der Waals surface area contributed by atoms with Gasteiger partial charge in [0.2, 0.25) is 0 Å². The van der Waals surface area contributed by atoms with Crippen molar-refractivity contribution in [3.05, 3.63) is 0 Å². The van der Waals surface area contributed by atoms with Crippen LogP contribution < -0.4 is 0 Å². The monoisotopic (exact) mass is 248 g/mol. The van der Waals surface area contributed by atoms with Gasteiger partial charge in [0.1, 0.15) is 0 Å². The molecule has 1 fully saturated rings. The van der Waals surface area contributed by atoms with E-state index in [0.717, 1.165) is 17.9 Å². The fraction of sp³-hybridized carbons (Fsp3) is 1.00. The Morgan fingerprint density at radius 1 is 1.23 bits per heavy atom. The molecule has 2 unspecified atom stereocenters. The van der Waals surface area contributed by atoms with Crippen LogP contribution >= 0.6 is 15.9 Å². The Balaban J connectivity index is 2.05. The highest BCUT2D eigenvalue weighted by atomic mass is 79.9. The largest absolute Gasteiger partial charge is 0.378 e. The van der Waals surface area contributed by atoms with E-state index in [0.29, 0.717) is 6.10 Å². The molecule has 0 aromatic rings. The first kappa shape index (κ1) is 11.5. The van der Waals surface area contributed by atoms with Crippen molar-refractivity contribution in [2.45, 2.75) is 51.6 Å². The Hall–Kier alpha value is 0.440. The van der Waals surface area contributed by atoms with Crippen LogP contribution in [-0.2, 0) is 4.74 Å². The number of halogens is 1. The van der Waals surface area contributed by atoms with Crippen LogP contribution in [0.1, 0.15) is 45.4 Å². The van der Waals surface area contributed by atoms with E-state index in [4.69, 9.17) is 4.74 Å². The maximum absolute atomic E-state index is 5.88. The van der Waals surface area contributed by atoms with Gasteiger partial charge >= 0.3 is 0 Å². The molecule has 1 rings (SSSR count). The maximum Gasteiger partial charge on any atom is 0.0600 e. The van der Waals surface area contributed by atoms with Crippen molar-refractivity contribution in [3.8, 4) is 0 Å². The van der Waals surface area contributed by atoms with Crippen molar-refractivity contribution in [2.24, 2.45) is 5.92 Å². The second-order valence-corrected chi connectivity index (χ2v) is 4.86. The normalized spacial score (nSPS) is 29.1. The predicted octanol–water partition coefficient (Wildman–Crippen LogP) is 3.76. The third-order valence-corrected chi connectivity index (χ3v) is 3.45. The Morgan fingerprint density at radius 3 is 2.69 bits per heavy atom. The summed E-state index contributed by atoms with van der Waals surface area (Å²) in [6.07, 6.45) is 8.42. The van der Waals surface area contributed by atoms with E-state index in [9.17, 15) is 0 Å². The zero-order valence-corrected chi connectivity index (χ0v) is 10.2. The van der Waals surface area contributed by atoms with Gasteiger partial charge in [-0.25, -0.2) is 0 Å². The fourth-order valence-corrected chi connectivity index (χ4v) is 2.36. The van der Waals surface area contributed by atoms with Gasteiger partial charge in [-0.15, -0.1) is 0 Å². The highest BCUT2D eigenvalue weighted by molar-refractivity contribution is 9.09. The van der Waals surface area contributed by atoms with Crippen LogP contribution in [0.25, 0.3) is 0 Å². The van der Waals surface area contributed by atoms with Gasteiger partial charge in [-0.2, -0.15) is 0 Å². The van der Waals surface area contributed by atoms with Crippen molar-refractivity contribution in [1.82, 2.24) is 0 Å². The molecule has 13 heavy (non-hydrogen) atoms. The van der Waals surface area contributed by atoms with Crippen LogP contribution in [-0.4, -0.2) is 18.0 Å². The SMILES string of the molecule is CC1CCCCC1OCCCCBr. The first-order valence-electron chi connectivity index (χ1n) is 5.52. The van der Waals surface area contributed by atoms with Crippen molar-refractivity contribution in [3.63, 3.8) is 0 Å². The highest BCUT2D eigenvalue weighted by Gasteiger charge is 2.21. The van der Waals surface area contributed by atoms with Gasteiger partial charge < -0.3 is 4.74 Å². The Bertz CT molecular complexity index is 127. The molecule has 2 heteroatoms. The molecule has 0 aromatic carbocycles.